The normalized spacial score (nSPS) is 27.1. The van der Waals surface area contributed by atoms with Gasteiger partial charge in [0, 0.05) is 29.7 Å². The first-order valence-electron chi connectivity index (χ1n) is 12.2. The van der Waals surface area contributed by atoms with Gasteiger partial charge in [-0.05, 0) is 65.0 Å². The molecule has 0 radical (unpaired) electrons. The average molecular weight is 482 g/mol. The number of carboxylic acid groups (broad SMARTS) is 1. The smallest absolute Gasteiger partial charge is 0.311 e. The van der Waals surface area contributed by atoms with Crippen LogP contribution in [0.1, 0.15) is 63.9 Å². The van der Waals surface area contributed by atoms with Crippen LogP contribution in [0.4, 0.5) is 0 Å². The van der Waals surface area contributed by atoms with Crippen molar-refractivity contribution < 1.29 is 23.9 Å². The zero-order valence-electron chi connectivity index (χ0n) is 20.8. The summed E-state index contributed by atoms with van der Waals surface area (Å²) in [4.78, 5) is 40.1. The first-order chi connectivity index (χ1) is 16.5. The highest BCUT2D eigenvalue weighted by Crippen LogP contribution is 2.41. The maximum absolute atomic E-state index is 13.3. The molecule has 1 aromatic heterocycles. The van der Waals surface area contributed by atoms with Gasteiger partial charge in [-0.3, -0.25) is 14.4 Å². The predicted molar refractivity (Wildman–Crippen MR) is 132 cm³/mol. The van der Waals surface area contributed by atoms with Crippen LogP contribution in [0.25, 0.3) is 11.1 Å². The van der Waals surface area contributed by atoms with Gasteiger partial charge in [0.2, 0.25) is 5.91 Å². The van der Waals surface area contributed by atoms with Gasteiger partial charge in [0.05, 0.1) is 11.7 Å². The monoisotopic (exact) mass is 481 g/mol. The van der Waals surface area contributed by atoms with Crippen molar-refractivity contribution in [2.75, 3.05) is 6.54 Å². The van der Waals surface area contributed by atoms with Gasteiger partial charge in [-0.15, -0.1) is 0 Å². The van der Waals surface area contributed by atoms with Crippen molar-refractivity contribution in [3.8, 4) is 11.1 Å². The molecule has 4 atom stereocenters. The maximum Gasteiger partial charge on any atom is 0.311 e. The molecule has 2 aromatic rings. The summed E-state index contributed by atoms with van der Waals surface area (Å²) in [5.41, 5.74) is 0.527. The third-order valence-electron chi connectivity index (χ3n) is 7.17. The molecule has 4 rings (SSSR count). The summed E-state index contributed by atoms with van der Waals surface area (Å²) in [5, 5.41) is 16.5. The average Bonchev–Trinajstić information content (AvgIpc) is 3.41. The standard InChI is InChI=1S/C27H35N3O5/c1-26(2,3)29-19-10-11-22(27(4,15-19)25(33)34)30-13-12-20(24(30)32)28-23(31)21-14-18(16-35-21)17-8-6-5-7-9-17/h5-9,14,16,19-20,22,29H,10-13,15H2,1-4H3,(H,28,31)(H,33,34)/t19-,20?,22+,27-/m1/s1. The van der Waals surface area contributed by atoms with E-state index >= 15 is 0 Å². The van der Waals surface area contributed by atoms with Gasteiger partial charge < -0.3 is 25.1 Å². The Bertz CT molecular complexity index is 1090. The summed E-state index contributed by atoms with van der Waals surface area (Å²) in [5.74, 6) is -1.44. The number of carboxylic acids is 1. The van der Waals surface area contributed by atoms with Crippen molar-refractivity contribution in [3.63, 3.8) is 0 Å². The lowest BCUT2D eigenvalue weighted by atomic mass is 9.68. The number of aliphatic carboxylic acids is 1. The number of rotatable bonds is 6. The fourth-order valence-electron chi connectivity index (χ4n) is 5.50. The summed E-state index contributed by atoms with van der Waals surface area (Å²) < 4.78 is 5.46. The molecule has 8 nitrogen and oxygen atoms in total. The van der Waals surface area contributed by atoms with E-state index in [2.05, 4.69) is 31.4 Å². The number of amides is 2. The molecule has 35 heavy (non-hydrogen) atoms. The molecule has 188 valence electrons. The van der Waals surface area contributed by atoms with Crippen molar-refractivity contribution in [2.45, 2.75) is 77.0 Å². The van der Waals surface area contributed by atoms with Crippen LogP contribution < -0.4 is 10.6 Å². The SMILES string of the molecule is CC(C)(C)N[C@@H]1CC[C@H](N2CCC(NC(=O)c3cc(-c4ccccc4)co3)C2=O)[C@](C)(C(=O)O)C1. The molecule has 3 N–H and O–H groups in total. The highest BCUT2D eigenvalue weighted by molar-refractivity contribution is 5.97. The van der Waals surface area contributed by atoms with Gasteiger partial charge in [0.15, 0.2) is 5.76 Å². The van der Waals surface area contributed by atoms with E-state index in [0.29, 0.717) is 25.8 Å². The lowest BCUT2D eigenvalue weighted by Crippen LogP contribution is -2.59. The van der Waals surface area contributed by atoms with Crippen LogP contribution >= 0.6 is 0 Å². The summed E-state index contributed by atoms with van der Waals surface area (Å²) in [6, 6.07) is 10.2. The van der Waals surface area contributed by atoms with E-state index in [9.17, 15) is 19.5 Å². The summed E-state index contributed by atoms with van der Waals surface area (Å²) in [6.45, 7) is 8.36. The molecular formula is C27H35N3O5. The number of likely N-dealkylation sites (tertiary alicyclic amines) is 1. The molecule has 2 fully saturated rings. The minimum atomic E-state index is -1.07. The van der Waals surface area contributed by atoms with Crippen LogP contribution in [0.3, 0.4) is 0 Å². The fraction of sp³-hybridized carbons (Fsp3) is 0.519. The molecule has 1 saturated heterocycles. The Kier molecular flexibility index (Phi) is 6.77. The minimum absolute atomic E-state index is 0.0679. The maximum atomic E-state index is 13.3. The van der Waals surface area contributed by atoms with E-state index in [1.165, 1.54) is 6.26 Å². The number of carbonyl (C=O) groups excluding carboxylic acids is 2. The second kappa shape index (κ2) is 9.49. The van der Waals surface area contributed by atoms with E-state index in [4.69, 9.17) is 4.42 Å². The summed E-state index contributed by atoms with van der Waals surface area (Å²) >= 11 is 0. The number of nitrogens with zero attached hydrogens (tertiary/aromatic N) is 1. The van der Waals surface area contributed by atoms with E-state index in [-0.39, 0.29) is 23.2 Å². The van der Waals surface area contributed by atoms with E-state index in [1.807, 2.05) is 30.3 Å². The molecule has 8 heteroatoms. The van der Waals surface area contributed by atoms with Gasteiger partial charge >= 0.3 is 5.97 Å². The van der Waals surface area contributed by atoms with E-state index in [0.717, 1.165) is 17.5 Å². The van der Waals surface area contributed by atoms with Gasteiger partial charge in [-0.2, -0.15) is 0 Å². The van der Waals surface area contributed by atoms with Crippen molar-refractivity contribution in [1.82, 2.24) is 15.5 Å². The Labute approximate surface area is 206 Å². The van der Waals surface area contributed by atoms with Crippen molar-refractivity contribution in [2.24, 2.45) is 5.41 Å². The third-order valence-corrected chi connectivity index (χ3v) is 7.17. The minimum Gasteiger partial charge on any atom is -0.481 e. The van der Waals surface area contributed by atoms with Crippen molar-refractivity contribution >= 4 is 17.8 Å². The van der Waals surface area contributed by atoms with Crippen LogP contribution in [0.5, 0.6) is 0 Å². The topological polar surface area (TPSA) is 112 Å². The second-order valence-corrected chi connectivity index (χ2v) is 11.0. The Morgan fingerprint density at radius 3 is 2.49 bits per heavy atom. The van der Waals surface area contributed by atoms with Gasteiger partial charge in [0.1, 0.15) is 6.04 Å². The number of benzene rings is 1. The molecule has 1 aromatic carbocycles. The zero-order chi connectivity index (χ0) is 25.4. The van der Waals surface area contributed by atoms with Gasteiger partial charge in [-0.1, -0.05) is 30.3 Å². The molecule has 0 bridgehead atoms. The Balaban J connectivity index is 1.43. The molecule has 1 saturated carbocycles. The summed E-state index contributed by atoms with van der Waals surface area (Å²) in [7, 11) is 0. The quantitative estimate of drug-likeness (QED) is 0.580. The molecule has 1 aliphatic heterocycles. The van der Waals surface area contributed by atoms with E-state index < -0.39 is 29.4 Å². The molecule has 2 aliphatic rings. The van der Waals surface area contributed by atoms with Crippen LogP contribution in [-0.4, -0.2) is 58.0 Å². The molecule has 0 spiro atoms. The van der Waals surface area contributed by atoms with Gasteiger partial charge in [-0.25, -0.2) is 0 Å². The highest BCUT2D eigenvalue weighted by atomic mass is 16.4. The Morgan fingerprint density at radius 2 is 1.83 bits per heavy atom. The third kappa shape index (κ3) is 5.27. The van der Waals surface area contributed by atoms with Crippen molar-refractivity contribution in [1.29, 1.82) is 0 Å². The zero-order valence-corrected chi connectivity index (χ0v) is 20.8. The Hall–Kier alpha value is -3.13. The largest absolute Gasteiger partial charge is 0.481 e. The van der Waals surface area contributed by atoms with E-state index in [1.54, 1.807) is 17.9 Å². The number of carbonyl (C=O) groups is 3. The number of furan rings is 1. The van der Waals surface area contributed by atoms with Crippen molar-refractivity contribution in [3.05, 3.63) is 48.4 Å². The highest BCUT2D eigenvalue weighted by Gasteiger charge is 2.52. The first kappa shape index (κ1) is 25.0. The fourth-order valence-corrected chi connectivity index (χ4v) is 5.50. The number of nitrogens with one attached hydrogen (secondary N) is 2. The molecule has 1 aliphatic carbocycles. The number of hydrogen-bond donors (Lipinski definition) is 3. The lowest BCUT2D eigenvalue weighted by Gasteiger charge is -2.47. The van der Waals surface area contributed by atoms with Crippen LogP contribution in [0.15, 0.2) is 47.1 Å². The van der Waals surface area contributed by atoms with Crippen LogP contribution in [-0.2, 0) is 9.59 Å². The second-order valence-electron chi connectivity index (χ2n) is 11.0. The lowest BCUT2D eigenvalue weighted by molar-refractivity contribution is -0.158. The molecule has 2 amide bonds. The summed E-state index contributed by atoms with van der Waals surface area (Å²) in [6.07, 6.45) is 3.80. The van der Waals surface area contributed by atoms with Crippen LogP contribution in [0, 0.1) is 5.41 Å². The van der Waals surface area contributed by atoms with Crippen LogP contribution in [0.2, 0.25) is 0 Å². The molecule has 1 unspecified atom stereocenters. The predicted octanol–water partition coefficient (Wildman–Crippen LogP) is 3.68. The number of hydrogen-bond acceptors (Lipinski definition) is 5. The molecule has 2 heterocycles. The molecular weight excluding hydrogens is 446 g/mol. The first-order valence-corrected chi connectivity index (χ1v) is 12.2. The van der Waals surface area contributed by atoms with Gasteiger partial charge in [0.25, 0.3) is 5.91 Å². The Morgan fingerprint density at radius 1 is 1.11 bits per heavy atom.